The Bertz CT molecular complexity index is 529. The van der Waals surface area contributed by atoms with Crippen molar-refractivity contribution in [2.75, 3.05) is 33.9 Å². The summed E-state index contributed by atoms with van der Waals surface area (Å²) in [6, 6.07) is 0.224. The molecular weight excluding hydrogens is 280 g/mol. The Morgan fingerprint density at radius 2 is 2.35 bits per heavy atom. The van der Waals surface area contributed by atoms with Gasteiger partial charge >= 0.3 is 0 Å². The summed E-state index contributed by atoms with van der Waals surface area (Å²) in [5.74, 6) is 0. The Hall–Kier alpha value is -0.960. The molecule has 1 atom stereocenters. The average molecular weight is 302 g/mol. The van der Waals surface area contributed by atoms with Crippen LogP contribution < -0.4 is 5.32 Å². The van der Waals surface area contributed by atoms with Crippen LogP contribution in [0.3, 0.4) is 0 Å². The second kappa shape index (κ2) is 6.66. The Kier molecular flexibility index (Phi) is 5.14. The van der Waals surface area contributed by atoms with Crippen LogP contribution in [-0.4, -0.2) is 62.4 Å². The minimum atomic E-state index is -3.44. The van der Waals surface area contributed by atoms with Crippen molar-refractivity contribution in [3.05, 3.63) is 12.4 Å². The van der Waals surface area contributed by atoms with E-state index in [1.165, 1.54) is 10.5 Å². The zero-order chi connectivity index (χ0) is 14.6. The highest BCUT2D eigenvalue weighted by Crippen LogP contribution is 2.20. The normalized spacial score (nSPS) is 21.2. The molecule has 2 heterocycles. The molecule has 1 fully saturated rings. The standard InChI is InChI=1S/C12H22N4O3S/c1-13-11-4-3-5-16(9-11)20(17,18)12-8-14-15(10-12)6-7-19-2/h8,10-11,13H,3-7,9H2,1-2H3. The summed E-state index contributed by atoms with van der Waals surface area (Å²) in [5.41, 5.74) is 0. The van der Waals surface area contributed by atoms with Gasteiger partial charge in [0.05, 0.1) is 19.3 Å². The van der Waals surface area contributed by atoms with Gasteiger partial charge in [-0.05, 0) is 19.9 Å². The molecule has 8 heteroatoms. The molecule has 1 aromatic rings. The molecule has 1 unspecified atom stereocenters. The van der Waals surface area contributed by atoms with Gasteiger partial charge in [0, 0.05) is 32.4 Å². The summed E-state index contributed by atoms with van der Waals surface area (Å²) in [7, 11) is 0.0285. The van der Waals surface area contributed by atoms with E-state index in [2.05, 4.69) is 10.4 Å². The first-order valence-corrected chi connectivity index (χ1v) is 8.20. The fourth-order valence-corrected chi connectivity index (χ4v) is 3.81. The van der Waals surface area contributed by atoms with E-state index in [4.69, 9.17) is 4.74 Å². The van der Waals surface area contributed by atoms with Crippen molar-refractivity contribution in [1.29, 1.82) is 0 Å². The van der Waals surface area contributed by atoms with Gasteiger partial charge in [-0.2, -0.15) is 9.40 Å². The van der Waals surface area contributed by atoms with E-state index in [1.54, 1.807) is 18.0 Å². The van der Waals surface area contributed by atoms with Crippen LogP contribution in [0.15, 0.2) is 17.3 Å². The maximum absolute atomic E-state index is 12.5. The van der Waals surface area contributed by atoms with Crippen LogP contribution in [0.5, 0.6) is 0 Å². The predicted octanol–water partition coefficient (Wildman–Crippen LogP) is -0.0980. The molecule has 2 rings (SSSR count). The van der Waals surface area contributed by atoms with Crippen molar-refractivity contribution < 1.29 is 13.2 Å². The van der Waals surface area contributed by atoms with E-state index in [1.807, 2.05) is 7.05 Å². The van der Waals surface area contributed by atoms with E-state index in [0.717, 1.165) is 12.8 Å². The zero-order valence-electron chi connectivity index (χ0n) is 11.9. The van der Waals surface area contributed by atoms with Gasteiger partial charge in [0.1, 0.15) is 4.90 Å². The zero-order valence-corrected chi connectivity index (χ0v) is 12.8. The van der Waals surface area contributed by atoms with Crippen molar-refractivity contribution in [1.82, 2.24) is 19.4 Å². The summed E-state index contributed by atoms with van der Waals surface area (Å²) in [4.78, 5) is 0.255. The number of sulfonamides is 1. The molecule has 0 bridgehead atoms. The topological polar surface area (TPSA) is 76.5 Å². The number of nitrogens with one attached hydrogen (secondary N) is 1. The van der Waals surface area contributed by atoms with Crippen LogP contribution >= 0.6 is 0 Å². The number of methoxy groups -OCH3 is 1. The van der Waals surface area contributed by atoms with Gasteiger partial charge in [-0.25, -0.2) is 8.42 Å². The smallest absolute Gasteiger partial charge is 0.246 e. The molecule has 1 aliphatic rings. The van der Waals surface area contributed by atoms with Crippen LogP contribution in [0.1, 0.15) is 12.8 Å². The van der Waals surface area contributed by atoms with Gasteiger partial charge in [0.2, 0.25) is 10.0 Å². The van der Waals surface area contributed by atoms with Gasteiger partial charge in [0.15, 0.2) is 0 Å². The predicted molar refractivity (Wildman–Crippen MR) is 74.9 cm³/mol. The van der Waals surface area contributed by atoms with Crippen molar-refractivity contribution in [3.63, 3.8) is 0 Å². The van der Waals surface area contributed by atoms with Crippen molar-refractivity contribution in [2.45, 2.75) is 30.3 Å². The Morgan fingerprint density at radius 3 is 3.05 bits per heavy atom. The molecule has 1 aromatic heterocycles. The maximum Gasteiger partial charge on any atom is 0.246 e. The molecule has 0 radical (unpaired) electrons. The molecule has 1 N–H and O–H groups in total. The summed E-state index contributed by atoms with van der Waals surface area (Å²) in [6.45, 7) is 2.14. The first-order valence-electron chi connectivity index (χ1n) is 6.76. The van der Waals surface area contributed by atoms with Gasteiger partial charge in [-0.1, -0.05) is 0 Å². The maximum atomic E-state index is 12.5. The molecular formula is C12H22N4O3S. The third kappa shape index (κ3) is 3.38. The first-order chi connectivity index (χ1) is 9.57. The SMILES string of the molecule is CNC1CCCN(S(=O)(=O)c2cnn(CCOC)c2)C1. The molecule has 0 spiro atoms. The van der Waals surface area contributed by atoms with E-state index >= 15 is 0 Å². The lowest BCUT2D eigenvalue weighted by Crippen LogP contribution is -2.46. The van der Waals surface area contributed by atoms with Gasteiger partial charge < -0.3 is 10.1 Å². The lowest BCUT2D eigenvalue weighted by Gasteiger charge is -2.31. The number of rotatable bonds is 6. The molecule has 114 valence electrons. The Labute approximate surface area is 120 Å². The lowest BCUT2D eigenvalue weighted by atomic mass is 10.1. The minimum absolute atomic E-state index is 0.224. The third-order valence-electron chi connectivity index (χ3n) is 3.56. The van der Waals surface area contributed by atoms with Crippen molar-refractivity contribution >= 4 is 10.0 Å². The van der Waals surface area contributed by atoms with Crippen LogP contribution in [0.4, 0.5) is 0 Å². The van der Waals surface area contributed by atoms with Crippen molar-refractivity contribution in [3.8, 4) is 0 Å². The summed E-state index contributed by atoms with van der Waals surface area (Å²) in [6.07, 6.45) is 4.86. The molecule has 20 heavy (non-hydrogen) atoms. The van der Waals surface area contributed by atoms with Crippen LogP contribution in [0.25, 0.3) is 0 Å². The molecule has 0 aliphatic carbocycles. The van der Waals surface area contributed by atoms with Crippen LogP contribution in [0, 0.1) is 0 Å². The summed E-state index contributed by atoms with van der Waals surface area (Å²) < 4.78 is 33.2. The number of hydrogen-bond donors (Lipinski definition) is 1. The number of piperidine rings is 1. The van der Waals surface area contributed by atoms with Gasteiger partial charge in [-0.15, -0.1) is 0 Å². The average Bonchev–Trinajstić information content (AvgIpc) is 2.94. The Balaban J connectivity index is 2.11. The van der Waals surface area contributed by atoms with Crippen LogP contribution in [-0.2, 0) is 21.3 Å². The highest BCUT2D eigenvalue weighted by atomic mass is 32.2. The monoisotopic (exact) mass is 302 g/mol. The molecule has 0 saturated carbocycles. The van der Waals surface area contributed by atoms with E-state index in [-0.39, 0.29) is 10.9 Å². The highest BCUT2D eigenvalue weighted by molar-refractivity contribution is 7.89. The number of ether oxygens (including phenoxy) is 1. The second-order valence-electron chi connectivity index (χ2n) is 4.92. The van der Waals surface area contributed by atoms with E-state index in [0.29, 0.717) is 26.2 Å². The fourth-order valence-electron chi connectivity index (χ4n) is 2.33. The van der Waals surface area contributed by atoms with Gasteiger partial charge in [-0.3, -0.25) is 4.68 Å². The van der Waals surface area contributed by atoms with Crippen LogP contribution in [0.2, 0.25) is 0 Å². The summed E-state index contributed by atoms with van der Waals surface area (Å²) >= 11 is 0. The summed E-state index contributed by atoms with van der Waals surface area (Å²) in [5, 5.41) is 7.22. The molecule has 7 nitrogen and oxygen atoms in total. The fraction of sp³-hybridized carbons (Fsp3) is 0.750. The first kappa shape index (κ1) is 15.4. The number of nitrogens with zero attached hydrogens (tertiary/aromatic N) is 3. The van der Waals surface area contributed by atoms with Gasteiger partial charge in [0.25, 0.3) is 0 Å². The number of likely N-dealkylation sites (N-methyl/N-ethyl adjacent to an activating group) is 1. The molecule has 1 saturated heterocycles. The molecule has 1 aliphatic heterocycles. The second-order valence-corrected chi connectivity index (χ2v) is 6.86. The molecule has 0 amide bonds. The third-order valence-corrected chi connectivity index (χ3v) is 5.38. The number of aromatic nitrogens is 2. The lowest BCUT2D eigenvalue weighted by molar-refractivity contribution is 0.183. The molecule has 0 aromatic carbocycles. The largest absolute Gasteiger partial charge is 0.383 e. The minimum Gasteiger partial charge on any atom is -0.383 e. The quantitative estimate of drug-likeness (QED) is 0.794. The highest BCUT2D eigenvalue weighted by Gasteiger charge is 2.30. The Morgan fingerprint density at radius 1 is 1.55 bits per heavy atom. The van der Waals surface area contributed by atoms with E-state index < -0.39 is 10.0 Å². The van der Waals surface area contributed by atoms with E-state index in [9.17, 15) is 8.42 Å². The van der Waals surface area contributed by atoms with Crippen molar-refractivity contribution in [2.24, 2.45) is 0 Å². The number of hydrogen-bond acceptors (Lipinski definition) is 5.